The average molecular weight is 427 g/mol. The van der Waals surface area contributed by atoms with Gasteiger partial charge in [-0.1, -0.05) is 41.5 Å². The first-order valence-electron chi connectivity index (χ1n) is 10.8. The zero-order valence-corrected chi connectivity index (χ0v) is 19.0. The summed E-state index contributed by atoms with van der Waals surface area (Å²) in [7, 11) is 0. The molecule has 9 nitrogen and oxygen atoms in total. The lowest BCUT2D eigenvalue weighted by Gasteiger charge is -2.30. The molecule has 9 heteroatoms. The second-order valence-corrected chi connectivity index (χ2v) is 9.22. The third kappa shape index (κ3) is 6.97. The van der Waals surface area contributed by atoms with E-state index in [-0.39, 0.29) is 23.7 Å². The lowest BCUT2D eigenvalue weighted by Crippen LogP contribution is -2.57. The molecule has 1 aliphatic heterocycles. The van der Waals surface area contributed by atoms with Crippen molar-refractivity contribution >= 4 is 23.7 Å². The van der Waals surface area contributed by atoms with E-state index in [9.17, 15) is 24.3 Å². The van der Waals surface area contributed by atoms with Crippen molar-refractivity contribution in [2.24, 2.45) is 23.5 Å². The van der Waals surface area contributed by atoms with E-state index in [0.29, 0.717) is 25.8 Å². The monoisotopic (exact) mass is 426 g/mol. The fraction of sp³-hybridized carbons (Fsp3) is 0.810. The highest BCUT2D eigenvalue weighted by molar-refractivity contribution is 5.94. The number of hydrogen-bond donors (Lipinski definition) is 4. The molecule has 0 aliphatic carbocycles. The van der Waals surface area contributed by atoms with Crippen LogP contribution in [0, 0.1) is 17.8 Å². The third-order valence-electron chi connectivity index (χ3n) is 5.41. The molecule has 30 heavy (non-hydrogen) atoms. The van der Waals surface area contributed by atoms with Crippen LogP contribution >= 0.6 is 0 Å². The van der Waals surface area contributed by atoms with Crippen molar-refractivity contribution in [2.45, 2.75) is 85.0 Å². The van der Waals surface area contributed by atoms with Crippen LogP contribution in [-0.2, 0) is 19.2 Å². The lowest BCUT2D eigenvalue weighted by molar-refractivity contribution is -0.144. The summed E-state index contributed by atoms with van der Waals surface area (Å²) in [5.41, 5.74) is 5.99. The van der Waals surface area contributed by atoms with Gasteiger partial charge >= 0.3 is 5.97 Å². The maximum Gasteiger partial charge on any atom is 0.326 e. The Morgan fingerprint density at radius 3 is 2.10 bits per heavy atom. The molecular weight excluding hydrogens is 388 g/mol. The number of carboxylic acid groups (broad SMARTS) is 1. The molecule has 0 saturated carbocycles. The van der Waals surface area contributed by atoms with Gasteiger partial charge in [0.1, 0.15) is 18.1 Å². The van der Waals surface area contributed by atoms with Gasteiger partial charge in [-0.25, -0.2) is 4.79 Å². The Kier molecular flexibility index (Phi) is 9.74. The maximum absolute atomic E-state index is 13.0. The van der Waals surface area contributed by atoms with Crippen LogP contribution in [0.2, 0.25) is 0 Å². The Morgan fingerprint density at radius 1 is 1.03 bits per heavy atom. The molecule has 4 atom stereocenters. The van der Waals surface area contributed by atoms with Crippen LogP contribution < -0.4 is 16.4 Å². The smallest absolute Gasteiger partial charge is 0.326 e. The summed E-state index contributed by atoms with van der Waals surface area (Å²) in [4.78, 5) is 51.3. The van der Waals surface area contributed by atoms with Crippen molar-refractivity contribution in [3.05, 3.63) is 0 Å². The first-order chi connectivity index (χ1) is 13.9. The largest absolute Gasteiger partial charge is 0.480 e. The number of carboxylic acids is 1. The van der Waals surface area contributed by atoms with Gasteiger partial charge in [0, 0.05) is 6.54 Å². The van der Waals surface area contributed by atoms with Crippen molar-refractivity contribution in [3.63, 3.8) is 0 Å². The van der Waals surface area contributed by atoms with Crippen molar-refractivity contribution < 1.29 is 24.3 Å². The minimum atomic E-state index is -1.12. The number of aliphatic carboxylic acids is 1. The molecule has 0 radical (unpaired) electrons. The number of rotatable bonds is 10. The van der Waals surface area contributed by atoms with E-state index in [1.807, 2.05) is 27.7 Å². The fourth-order valence-electron chi connectivity index (χ4n) is 3.52. The van der Waals surface area contributed by atoms with E-state index < -0.39 is 42.0 Å². The lowest BCUT2D eigenvalue weighted by atomic mass is 10.00. The van der Waals surface area contributed by atoms with E-state index >= 15 is 0 Å². The topological polar surface area (TPSA) is 142 Å². The Hall–Kier alpha value is -2.16. The highest BCUT2D eigenvalue weighted by atomic mass is 16.4. The average Bonchev–Trinajstić information content (AvgIpc) is 3.12. The van der Waals surface area contributed by atoms with E-state index in [4.69, 9.17) is 5.73 Å². The predicted octanol–water partition coefficient (Wildman–Crippen LogP) is 0.717. The van der Waals surface area contributed by atoms with Gasteiger partial charge in [-0.15, -0.1) is 0 Å². The van der Waals surface area contributed by atoms with Crippen LogP contribution in [0.5, 0.6) is 0 Å². The standard InChI is InChI=1S/C21H38N4O5/c1-11(2)10-14(18(26)24-17(13(5)6)21(29)30)23-19(27)15-8-7-9-25(15)20(28)16(22)12(3)4/h11-17H,7-10,22H2,1-6H3,(H,23,27)(H,24,26)(H,29,30). The summed E-state index contributed by atoms with van der Waals surface area (Å²) in [5, 5.41) is 14.6. The molecule has 1 rings (SSSR count). The molecule has 1 heterocycles. The molecule has 4 unspecified atom stereocenters. The highest BCUT2D eigenvalue weighted by Crippen LogP contribution is 2.20. The molecule has 0 aromatic rings. The molecule has 0 aromatic carbocycles. The molecule has 1 fully saturated rings. The molecule has 3 amide bonds. The molecule has 0 spiro atoms. The number of hydrogen-bond acceptors (Lipinski definition) is 5. The van der Waals surface area contributed by atoms with Crippen LogP contribution in [-0.4, -0.2) is 64.4 Å². The fourth-order valence-corrected chi connectivity index (χ4v) is 3.52. The SMILES string of the molecule is CC(C)CC(NC(=O)C1CCCN1C(=O)C(N)C(C)C)C(=O)NC(C(=O)O)C(C)C. The summed E-state index contributed by atoms with van der Waals surface area (Å²) in [5.74, 6) is -2.59. The van der Waals surface area contributed by atoms with Crippen LogP contribution in [0.15, 0.2) is 0 Å². The maximum atomic E-state index is 13.0. The van der Waals surface area contributed by atoms with E-state index in [0.717, 1.165) is 0 Å². The van der Waals surface area contributed by atoms with Crippen molar-refractivity contribution in [2.75, 3.05) is 6.54 Å². The molecule has 1 saturated heterocycles. The van der Waals surface area contributed by atoms with Gasteiger partial charge in [-0.3, -0.25) is 14.4 Å². The summed E-state index contributed by atoms with van der Waals surface area (Å²) >= 11 is 0. The van der Waals surface area contributed by atoms with Gasteiger partial charge < -0.3 is 26.4 Å². The number of likely N-dealkylation sites (tertiary alicyclic amines) is 1. The van der Waals surface area contributed by atoms with Crippen LogP contribution in [0.3, 0.4) is 0 Å². The van der Waals surface area contributed by atoms with Gasteiger partial charge in [-0.2, -0.15) is 0 Å². The molecule has 1 aliphatic rings. The minimum absolute atomic E-state index is 0.0507. The van der Waals surface area contributed by atoms with Crippen molar-refractivity contribution in [1.82, 2.24) is 15.5 Å². The molecule has 172 valence electrons. The highest BCUT2D eigenvalue weighted by Gasteiger charge is 2.38. The molecule has 5 N–H and O–H groups in total. The third-order valence-corrected chi connectivity index (χ3v) is 5.41. The number of nitrogens with two attached hydrogens (primary N) is 1. The normalized spacial score (nSPS) is 19.7. The van der Waals surface area contributed by atoms with Crippen LogP contribution in [0.1, 0.15) is 60.8 Å². The van der Waals surface area contributed by atoms with Crippen molar-refractivity contribution in [3.8, 4) is 0 Å². The zero-order valence-electron chi connectivity index (χ0n) is 19.0. The van der Waals surface area contributed by atoms with E-state index in [1.54, 1.807) is 13.8 Å². The van der Waals surface area contributed by atoms with Gasteiger partial charge in [0.05, 0.1) is 6.04 Å². The quantitative estimate of drug-likeness (QED) is 0.405. The predicted molar refractivity (Wildman–Crippen MR) is 113 cm³/mol. The first kappa shape index (κ1) is 25.9. The Labute approximate surface area is 179 Å². The summed E-state index contributed by atoms with van der Waals surface area (Å²) in [6, 6.07) is -3.28. The van der Waals surface area contributed by atoms with Gasteiger partial charge in [-0.05, 0) is 37.0 Å². The number of nitrogens with one attached hydrogen (secondary N) is 2. The van der Waals surface area contributed by atoms with Gasteiger partial charge in [0.2, 0.25) is 17.7 Å². The first-order valence-corrected chi connectivity index (χ1v) is 10.8. The number of amides is 3. The summed E-state index contributed by atoms with van der Waals surface area (Å²) < 4.78 is 0. The van der Waals surface area contributed by atoms with Crippen LogP contribution in [0.25, 0.3) is 0 Å². The van der Waals surface area contributed by atoms with Crippen LogP contribution in [0.4, 0.5) is 0 Å². The minimum Gasteiger partial charge on any atom is -0.480 e. The summed E-state index contributed by atoms with van der Waals surface area (Å²) in [6.45, 7) is 11.4. The Balaban J connectivity index is 2.93. The zero-order chi connectivity index (χ0) is 23.2. The number of carbonyl (C=O) groups is 4. The van der Waals surface area contributed by atoms with Gasteiger partial charge in [0.15, 0.2) is 0 Å². The summed E-state index contributed by atoms with van der Waals surface area (Å²) in [6.07, 6.45) is 1.54. The Bertz CT molecular complexity index is 635. The van der Waals surface area contributed by atoms with Gasteiger partial charge in [0.25, 0.3) is 0 Å². The van der Waals surface area contributed by atoms with E-state index in [2.05, 4.69) is 10.6 Å². The Morgan fingerprint density at radius 2 is 1.63 bits per heavy atom. The van der Waals surface area contributed by atoms with Crippen molar-refractivity contribution in [1.29, 1.82) is 0 Å². The second kappa shape index (κ2) is 11.3. The molecular formula is C21H38N4O5. The molecule has 0 bridgehead atoms. The van der Waals surface area contributed by atoms with E-state index in [1.165, 1.54) is 4.90 Å². The number of carbonyl (C=O) groups excluding carboxylic acids is 3. The second-order valence-electron chi connectivity index (χ2n) is 9.22. The number of nitrogens with zero attached hydrogens (tertiary/aromatic N) is 1. The molecule has 0 aromatic heterocycles.